The zero-order valence-corrected chi connectivity index (χ0v) is 12.7. The molecule has 0 spiro atoms. The molecule has 2 heterocycles. The van der Waals surface area contributed by atoms with Gasteiger partial charge in [-0.2, -0.15) is 5.26 Å². The van der Waals surface area contributed by atoms with Gasteiger partial charge in [-0.15, -0.1) is 11.3 Å². The van der Waals surface area contributed by atoms with E-state index in [9.17, 15) is 4.79 Å². The van der Waals surface area contributed by atoms with Crippen molar-refractivity contribution < 1.29 is 9.53 Å². The van der Waals surface area contributed by atoms with E-state index in [0.717, 1.165) is 5.56 Å². The van der Waals surface area contributed by atoms with Crippen molar-refractivity contribution in [1.82, 2.24) is 9.97 Å². The first kappa shape index (κ1) is 14.9. The standard InChI is InChI=1S/C14H14N4O2S/c1-14(2,3)20-13(19)18-11-8-21-12(17-11)9-4-5-10(6-15)16-7-9/h4-5,7-8H,1-3H3,(H,18,19). The average molecular weight is 302 g/mol. The molecule has 2 aromatic heterocycles. The Morgan fingerprint density at radius 2 is 2.19 bits per heavy atom. The molecule has 0 radical (unpaired) electrons. The number of aromatic nitrogens is 2. The summed E-state index contributed by atoms with van der Waals surface area (Å²) in [7, 11) is 0. The highest BCUT2D eigenvalue weighted by Gasteiger charge is 2.17. The highest BCUT2D eigenvalue weighted by Crippen LogP contribution is 2.25. The number of carbonyl (C=O) groups is 1. The van der Waals surface area contributed by atoms with Crippen molar-refractivity contribution in [2.45, 2.75) is 26.4 Å². The topological polar surface area (TPSA) is 87.9 Å². The molecule has 0 aliphatic carbocycles. The minimum atomic E-state index is -0.556. The number of thiazole rings is 1. The van der Waals surface area contributed by atoms with Crippen molar-refractivity contribution in [3.8, 4) is 16.6 Å². The molecule has 0 aromatic carbocycles. The van der Waals surface area contributed by atoms with Crippen molar-refractivity contribution in [3.63, 3.8) is 0 Å². The lowest BCUT2D eigenvalue weighted by Gasteiger charge is -2.19. The van der Waals surface area contributed by atoms with Gasteiger partial charge in [0.1, 0.15) is 28.2 Å². The molecule has 2 aromatic rings. The van der Waals surface area contributed by atoms with Crippen LogP contribution in [0.15, 0.2) is 23.7 Å². The molecule has 0 saturated carbocycles. The SMILES string of the molecule is CC(C)(C)OC(=O)Nc1csc(-c2ccc(C#N)nc2)n1. The van der Waals surface area contributed by atoms with Gasteiger partial charge in [-0.05, 0) is 32.9 Å². The van der Waals surface area contributed by atoms with Crippen molar-refractivity contribution in [2.24, 2.45) is 0 Å². The minimum absolute atomic E-state index is 0.349. The van der Waals surface area contributed by atoms with Crippen LogP contribution in [-0.2, 0) is 4.74 Å². The van der Waals surface area contributed by atoms with Crippen LogP contribution in [0.25, 0.3) is 10.6 Å². The molecule has 0 unspecified atom stereocenters. The summed E-state index contributed by atoms with van der Waals surface area (Å²) in [4.78, 5) is 19.9. The second-order valence-corrected chi connectivity index (χ2v) is 6.07. The Balaban J connectivity index is 2.07. The number of anilines is 1. The third-order valence-electron chi connectivity index (χ3n) is 2.26. The number of nitriles is 1. The molecule has 1 amide bonds. The van der Waals surface area contributed by atoms with Gasteiger partial charge in [-0.3, -0.25) is 5.32 Å². The fourth-order valence-corrected chi connectivity index (χ4v) is 2.20. The molecule has 0 aliphatic rings. The number of nitrogens with one attached hydrogen (secondary N) is 1. The zero-order valence-electron chi connectivity index (χ0n) is 11.9. The van der Waals surface area contributed by atoms with E-state index in [1.165, 1.54) is 11.3 Å². The molecule has 0 saturated heterocycles. The van der Waals surface area contributed by atoms with Gasteiger partial charge in [0.2, 0.25) is 0 Å². The fourth-order valence-electron chi connectivity index (χ4n) is 1.46. The Hall–Kier alpha value is -2.46. The first-order chi connectivity index (χ1) is 9.87. The molecule has 108 valence electrons. The van der Waals surface area contributed by atoms with Gasteiger partial charge in [0, 0.05) is 17.1 Å². The second-order valence-electron chi connectivity index (χ2n) is 5.21. The predicted octanol–water partition coefficient (Wildman–Crippen LogP) is 3.42. The van der Waals surface area contributed by atoms with Gasteiger partial charge < -0.3 is 4.74 Å². The molecular formula is C14H14N4O2S. The van der Waals surface area contributed by atoms with E-state index in [1.54, 1.807) is 44.5 Å². The summed E-state index contributed by atoms with van der Waals surface area (Å²) in [5.41, 5.74) is 0.582. The van der Waals surface area contributed by atoms with Gasteiger partial charge in [-0.25, -0.2) is 14.8 Å². The fraction of sp³-hybridized carbons (Fsp3) is 0.286. The quantitative estimate of drug-likeness (QED) is 0.918. The Labute approximate surface area is 126 Å². The second kappa shape index (κ2) is 5.89. The Bertz CT molecular complexity index is 680. The number of hydrogen-bond donors (Lipinski definition) is 1. The molecule has 1 N–H and O–H groups in total. The van der Waals surface area contributed by atoms with E-state index in [0.29, 0.717) is 16.5 Å². The Kier molecular flexibility index (Phi) is 4.19. The lowest BCUT2D eigenvalue weighted by molar-refractivity contribution is 0.0635. The molecule has 0 aliphatic heterocycles. The molecule has 21 heavy (non-hydrogen) atoms. The van der Waals surface area contributed by atoms with Gasteiger partial charge in [0.25, 0.3) is 0 Å². The van der Waals surface area contributed by atoms with Crippen LogP contribution in [0.4, 0.5) is 10.6 Å². The van der Waals surface area contributed by atoms with Gasteiger partial charge in [0.05, 0.1) is 0 Å². The van der Waals surface area contributed by atoms with Crippen LogP contribution in [0.5, 0.6) is 0 Å². The maximum atomic E-state index is 11.6. The third kappa shape index (κ3) is 4.26. The van der Waals surface area contributed by atoms with Crippen LogP contribution in [0, 0.1) is 11.3 Å². The summed E-state index contributed by atoms with van der Waals surface area (Å²) < 4.78 is 5.15. The number of nitrogens with zero attached hydrogens (tertiary/aromatic N) is 3. The monoisotopic (exact) mass is 302 g/mol. The number of hydrogen-bond acceptors (Lipinski definition) is 6. The molecule has 2 rings (SSSR count). The molecular weight excluding hydrogens is 288 g/mol. The lowest BCUT2D eigenvalue weighted by atomic mass is 10.2. The average Bonchev–Trinajstić information content (AvgIpc) is 2.85. The van der Waals surface area contributed by atoms with E-state index >= 15 is 0 Å². The van der Waals surface area contributed by atoms with Crippen LogP contribution in [0.1, 0.15) is 26.5 Å². The summed E-state index contributed by atoms with van der Waals surface area (Å²) in [6, 6.07) is 5.35. The van der Waals surface area contributed by atoms with Crippen LogP contribution in [-0.4, -0.2) is 21.7 Å². The number of pyridine rings is 1. The highest BCUT2D eigenvalue weighted by atomic mass is 32.1. The number of carbonyl (C=O) groups excluding carboxylic acids is 1. The Morgan fingerprint density at radius 1 is 1.43 bits per heavy atom. The smallest absolute Gasteiger partial charge is 0.413 e. The lowest BCUT2D eigenvalue weighted by Crippen LogP contribution is -2.27. The van der Waals surface area contributed by atoms with E-state index in [1.807, 2.05) is 6.07 Å². The first-order valence-electron chi connectivity index (χ1n) is 6.19. The zero-order chi connectivity index (χ0) is 15.5. The molecule has 6 nitrogen and oxygen atoms in total. The van der Waals surface area contributed by atoms with E-state index in [4.69, 9.17) is 10.00 Å². The van der Waals surface area contributed by atoms with E-state index in [-0.39, 0.29) is 0 Å². The van der Waals surface area contributed by atoms with Crippen LogP contribution in [0.2, 0.25) is 0 Å². The van der Waals surface area contributed by atoms with Crippen molar-refractivity contribution in [2.75, 3.05) is 5.32 Å². The summed E-state index contributed by atoms with van der Waals surface area (Å²) in [6.07, 6.45) is 1.03. The highest BCUT2D eigenvalue weighted by molar-refractivity contribution is 7.13. The predicted molar refractivity (Wildman–Crippen MR) is 79.9 cm³/mol. The van der Waals surface area contributed by atoms with Crippen molar-refractivity contribution in [1.29, 1.82) is 5.26 Å². The van der Waals surface area contributed by atoms with Gasteiger partial charge in [-0.1, -0.05) is 0 Å². The molecule has 7 heteroatoms. The van der Waals surface area contributed by atoms with Crippen molar-refractivity contribution >= 4 is 23.2 Å². The number of amides is 1. The summed E-state index contributed by atoms with van der Waals surface area (Å²) in [5.74, 6) is 0.425. The maximum Gasteiger partial charge on any atom is 0.413 e. The van der Waals surface area contributed by atoms with Gasteiger partial charge in [0.15, 0.2) is 0 Å². The molecule has 0 bridgehead atoms. The minimum Gasteiger partial charge on any atom is -0.444 e. The maximum absolute atomic E-state index is 11.6. The van der Waals surface area contributed by atoms with E-state index in [2.05, 4.69) is 15.3 Å². The molecule has 0 fully saturated rings. The summed E-state index contributed by atoms with van der Waals surface area (Å²) in [5, 5.41) is 13.7. The largest absolute Gasteiger partial charge is 0.444 e. The number of ether oxygens (including phenoxy) is 1. The first-order valence-corrected chi connectivity index (χ1v) is 7.07. The van der Waals surface area contributed by atoms with Crippen LogP contribution < -0.4 is 5.32 Å². The summed E-state index contributed by atoms with van der Waals surface area (Å²) in [6.45, 7) is 5.38. The number of rotatable bonds is 2. The summed E-state index contributed by atoms with van der Waals surface area (Å²) >= 11 is 1.37. The Morgan fingerprint density at radius 3 is 2.76 bits per heavy atom. The van der Waals surface area contributed by atoms with Crippen LogP contribution in [0.3, 0.4) is 0 Å². The van der Waals surface area contributed by atoms with Crippen LogP contribution >= 0.6 is 11.3 Å². The van der Waals surface area contributed by atoms with Gasteiger partial charge >= 0.3 is 6.09 Å². The third-order valence-corrected chi connectivity index (χ3v) is 3.15. The van der Waals surface area contributed by atoms with E-state index < -0.39 is 11.7 Å². The van der Waals surface area contributed by atoms with Crippen molar-refractivity contribution in [3.05, 3.63) is 29.4 Å². The molecule has 0 atom stereocenters. The normalized spacial score (nSPS) is 10.8.